The molecule has 166 valence electrons. The smallest absolute Gasteiger partial charge is 0.243 e. The molecule has 7 atom stereocenters. The van der Waals surface area contributed by atoms with Crippen LogP contribution >= 0.6 is 0 Å². The van der Waals surface area contributed by atoms with Crippen LogP contribution in [-0.2, 0) is 4.79 Å². The molecule has 4 heteroatoms. The van der Waals surface area contributed by atoms with Gasteiger partial charge in [-0.2, -0.15) is 0 Å². The highest BCUT2D eigenvalue weighted by Crippen LogP contribution is 2.65. The molecule has 1 aliphatic heterocycles. The minimum atomic E-state index is 0.0332. The fourth-order valence-corrected chi connectivity index (χ4v) is 8.06. The molecule has 3 saturated carbocycles. The Morgan fingerprint density at radius 2 is 1.74 bits per heavy atom. The number of amides is 1. The monoisotopic (exact) mass is 421 g/mol. The van der Waals surface area contributed by atoms with Gasteiger partial charge in [0.1, 0.15) is 5.75 Å². The molecule has 0 bridgehead atoms. The first-order valence-electron chi connectivity index (χ1n) is 12.0. The topological polar surface area (TPSA) is 66.4 Å². The van der Waals surface area contributed by atoms with Crippen molar-refractivity contribution in [3.05, 3.63) is 41.0 Å². The van der Waals surface area contributed by atoms with Crippen LogP contribution in [0.3, 0.4) is 0 Å². The Labute approximate surface area is 185 Å². The molecular weight excluding hydrogens is 386 g/mol. The molecule has 0 spiro atoms. The lowest BCUT2D eigenvalue weighted by atomic mass is 9.47. The van der Waals surface area contributed by atoms with E-state index in [9.17, 15) is 14.7 Å². The van der Waals surface area contributed by atoms with E-state index in [1.54, 1.807) is 6.08 Å². The van der Waals surface area contributed by atoms with Crippen molar-refractivity contribution in [2.45, 2.75) is 72.3 Å². The first kappa shape index (κ1) is 20.8. The molecule has 1 aromatic rings. The van der Waals surface area contributed by atoms with Gasteiger partial charge >= 0.3 is 0 Å². The number of aryl methyl sites for hydroxylation is 2. The van der Waals surface area contributed by atoms with E-state index in [0.717, 1.165) is 55.2 Å². The predicted octanol–water partition coefficient (Wildman–Crippen LogP) is 5.11. The van der Waals surface area contributed by atoms with E-state index in [2.05, 4.69) is 25.2 Å². The van der Waals surface area contributed by atoms with Crippen molar-refractivity contribution in [3.8, 4) is 5.75 Å². The highest BCUT2D eigenvalue weighted by molar-refractivity contribution is 5.99. The molecule has 0 unspecified atom stereocenters. The second-order valence-corrected chi connectivity index (χ2v) is 11.2. The summed E-state index contributed by atoms with van der Waals surface area (Å²) in [6, 6.07) is 3.99. The summed E-state index contributed by atoms with van der Waals surface area (Å²) in [6.45, 7) is 8.46. The Balaban J connectivity index is 1.43. The summed E-state index contributed by atoms with van der Waals surface area (Å²) in [5.74, 6) is 2.45. The van der Waals surface area contributed by atoms with Crippen LogP contribution in [0.1, 0.15) is 73.9 Å². The van der Waals surface area contributed by atoms with Gasteiger partial charge in [-0.15, -0.1) is 0 Å². The van der Waals surface area contributed by atoms with E-state index in [1.807, 2.05) is 26.0 Å². The van der Waals surface area contributed by atoms with Crippen LogP contribution in [0.5, 0.6) is 5.75 Å². The van der Waals surface area contributed by atoms with E-state index < -0.39 is 0 Å². The SMILES string of the molecule is Cc1cc(C(=O)[C@H]2CC[C@H]3[C@@H]4CC[C@H]5NC(=O)C=C[C@]5(C)[C@H]4CC[C@]23C)cc(C)c1O. The summed E-state index contributed by atoms with van der Waals surface area (Å²) in [4.78, 5) is 25.6. The Hall–Kier alpha value is -2.10. The number of phenolic OH excluding ortho intramolecular Hbond substituents is 1. The number of benzene rings is 1. The Bertz CT molecular complexity index is 958. The number of hydrogen-bond acceptors (Lipinski definition) is 3. The van der Waals surface area contributed by atoms with E-state index in [1.165, 1.54) is 0 Å². The average molecular weight is 422 g/mol. The number of Topliss-reactive ketones (excluding diaryl/α,β-unsaturated/α-hetero) is 1. The van der Waals surface area contributed by atoms with Crippen LogP contribution in [0.25, 0.3) is 0 Å². The third kappa shape index (κ3) is 2.93. The zero-order valence-electron chi connectivity index (χ0n) is 19.2. The van der Waals surface area contributed by atoms with Crippen molar-refractivity contribution >= 4 is 11.7 Å². The largest absolute Gasteiger partial charge is 0.507 e. The molecule has 2 N–H and O–H groups in total. The first-order valence-corrected chi connectivity index (χ1v) is 12.0. The van der Waals surface area contributed by atoms with E-state index >= 15 is 0 Å². The van der Waals surface area contributed by atoms with Gasteiger partial charge in [-0.25, -0.2) is 0 Å². The molecule has 0 aromatic heterocycles. The summed E-state index contributed by atoms with van der Waals surface area (Å²) in [5.41, 5.74) is 2.40. The Morgan fingerprint density at radius 1 is 1.03 bits per heavy atom. The Kier molecular flexibility index (Phi) is 4.66. The van der Waals surface area contributed by atoms with Gasteiger partial charge in [0.15, 0.2) is 5.78 Å². The van der Waals surface area contributed by atoms with Gasteiger partial charge in [-0.05, 0) is 105 Å². The van der Waals surface area contributed by atoms with Crippen molar-refractivity contribution < 1.29 is 14.7 Å². The van der Waals surface area contributed by atoms with Gasteiger partial charge in [-0.3, -0.25) is 9.59 Å². The van der Waals surface area contributed by atoms with E-state index in [-0.39, 0.29) is 34.5 Å². The number of rotatable bonds is 2. The molecule has 5 rings (SSSR count). The molecule has 31 heavy (non-hydrogen) atoms. The lowest BCUT2D eigenvalue weighted by Gasteiger charge is -2.58. The standard InChI is InChI=1S/C27H35NO3/c1-15-13-17(14-16(2)24(15)30)25(31)21-7-6-19-18-5-8-22-27(4,12-10-23(29)28-22)20(18)9-11-26(19,21)3/h10,12-14,18-22,30H,5-9,11H2,1-4H3,(H,28,29)/t18-,19-,20-,21+,22+,26-,27+/m0/s1. The van der Waals surface area contributed by atoms with Gasteiger partial charge < -0.3 is 10.4 Å². The van der Waals surface area contributed by atoms with Crippen molar-refractivity contribution in [1.82, 2.24) is 5.32 Å². The fraction of sp³-hybridized carbons (Fsp3) is 0.630. The maximum atomic E-state index is 13.7. The summed E-state index contributed by atoms with van der Waals surface area (Å²) in [7, 11) is 0. The summed E-state index contributed by atoms with van der Waals surface area (Å²) < 4.78 is 0. The number of carbonyl (C=O) groups excluding carboxylic acids is 2. The minimum absolute atomic E-state index is 0.0332. The van der Waals surface area contributed by atoms with Crippen LogP contribution in [-0.4, -0.2) is 22.8 Å². The van der Waals surface area contributed by atoms with Crippen LogP contribution in [0, 0.1) is 48.3 Å². The van der Waals surface area contributed by atoms with Crippen molar-refractivity contribution in [1.29, 1.82) is 0 Å². The molecule has 1 heterocycles. The van der Waals surface area contributed by atoms with Crippen molar-refractivity contribution in [3.63, 3.8) is 0 Å². The number of fused-ring (bicyclic) bond motifs is 5. The molecule has 4 aliphatic rings. The number of aromatic hydroxyl groups is 1. The molecule has 1 aromatic carbocycles. The number of carbonyl (C=O) groups is 2. The molecule has 4 nitrogen and oxygen atoms in total. The lowest BCUT2D eigenvalue weighted by molar-refractivity contribution is -0.122. The Morgan fingerprint density at radius 3 is 2.45 bits per heavy atom. The normalized spacial score (nSPS) is 41.2. The lowest BCUT2D eigenvalue weighted by Crippen LogP contribution is -2.59. The third-order valence-corrected chi connectivity index (χ3v) is 9.78. The van der Waals surface area contributed by atoms with Crippen LogP contribution < -0.4 is 5.32 Å². The minimum Gasteiger partial charge on any atom is -0.507 e. The van der Waals surface area contributed by atoms with Gasteiger partial charge in [0.05, 0.1) is 0 Å². The second-order valence-electron chi connectivity index (χ2n) is 11.2. The quantitative estimate of drug-likeness (QED) is 0.653. The van der Waals surface area contributed by atoms with Crippen molar-refractivity contribution in [2.24, 2.45) is 34.5 Å². The highest BCUT2D eigenvalue weighted by atomic mass is 16.3. The summed E-state index contributed by atoms with van der Waals surface area (Å²) in [5, 5.41) is 13.4. The number of nitrogens with one attached hydrogen (secondary N) is 1. The maximum Gasteiger partial charge on any atom is 0.243 e. The second kappa shape index (κ2) is 6.95. The maximum absolute atomic E-state index is 13.7. The molecular formula is C27H35NO3. The van der Waals surface area contributed by atoms with Gasteiger partial charge in [0, 0.05) is 22.9 Å². The van der Waals surface area contributed by atoms with Crippen LogP contribution in [0.4, 0.5) is 0 Å². The van der Waals surface area contributed by atoms with E-state index in [4.69, 9.17) is 0 Å². The van der Waals surface area contributed by atoms with Gasteiger partial charge in [0.25, 0.3) is 0 Å². The van der Waals surface area contributed by atoms with E-state index in [0.29, 0.717) is 23.5 Å². The predicted molar refractivity (Wildman–Crippen MR) is 121 cm³/mol. The molecule has 3 fully saturated rings. The van der Waals surface area contributed by atoms with Crippen molar-refractivity contribution in [2.75, 3.05) is 0 Å². The number of hydrogen-bond donors (Lipinski definition) is 2. The zero-order valence-corrected chi connectivity index (χ0v) is 19.2. The van der Waals surface area contributed by atoms with Gasteiger partial charge in [-0.1, -0.05) is 19.9 Å². The molecule has 3 aliphatic carbocycles. The number of ketones is 1. The third-order valence-electron chi connectivity index (χ3n) is 9.78. The summed E-state index contributed by atoms with van der Waals surface area (Å²) in [6.07, 6.45) is 10.4. The highest BCUT2D eigenvalue weighted by Gasteiger charge is 2.60. The number of phenols is 1. The van der Waals surface area contributed by atoms with Gasteiger partial charge in [0.2, 0.25) is 5.91 Å². The molecule has 0 saturated heterocycles. The van der Waals surface area contributed by atoms with Crippen LogP contribution in [0.15, 0.2) is 24.3 Å². The molecule has 1 amide bonds. The summed E-state index contributed by atoms with van der Waals surface area (Å²) >= 11 is 0. The zero-order chi connectivity index (χ0) is 22.1. The van der Waals surface area contributed by atoms with Crippen LogP contribution in [0.2, 0.25) is 0 Å². The average Bonchev–Trinajstić information content (AvgIpc) is 3.08. The fourth-order valence-electron chi connectivity index (χ4n) is 8.06. The first-order chi connectivity index (χ1) is 14.6. The molecule has 0 radical (unpaired) electrons.